The summed E-state index contributed by atoms with van der Waals surface area (Å²) in [4.78, 5) is 5.01. The van der Waals surface area contributed by atoms with Crippen LogP contribution >= 0.6 is 0 Å². The van der Waals surface area contributed by atoms with Gasteiger partial charge in [-0.2, -0.15) is 0 Å². The SMILES string of the molecule is CC(C)c1nc2ccccc2n1-c1ccc(-c2cc(-n3c4ccccc4c4ccccc43)cc(-n3c4ccccc4c4ccccc43)c2)cc1. The van der Waals surface area contributed by atoms with E-state index in [1.165, 1.54) is 43.6 Å². The van der Waals surface area contributed by atoms with Gasteiger partial charge < -0.3 is 9.13 Å². The van der Waals surface area contributed by atoms with Crippen LogP contribution in [0.2, 0.25) is 0 Å². The van der Waals surface area contributed by atoms with Crippen molar-refractivity contribution in [2.45, 2.75) is 19.8 Å². The Hall–Kier alpha value is -6.39. The van der Waals surface area contributed by atoms with E-state index in [1.54, 1.807) is 0 Å². The number of hydrogen-bond donors (Lipinski definition) is 0. The highest BCUT2D eigenvalue weighted by molar-refractivity contribution is 6.10. The Morgan fingerprint density at radius 1 is 0.380 bits per heavy atom. The first kappa shape index (κ1) is 28.6. The predicted molar refractivity (Wildman–Crippen MR) is 209 cm³/mol. The summed E-state index contributed by atoms with van der Waals surface area (Å²) in [6, 6.07) is 59.4. The molecule has 4 heteroatoms. The summed E-state index contributed by atoms with van der Waals surface area (Å²) in [6.07, 6.45) is 0. The molecule has 0 atom stereocenters. The van der Waals surface area contributed by atoms with E-state index in [-0.39, 0.29) is 0 Å². The second-order valence-corrected chi connectivity index (χ2v) is 13.5. The molecule has 0 saturated heterocycles. The van der Waals surface area contributed by atoms with E-state index in [1.807, 2.05) is 0 Å². The topological polar surface area (TPSA) is 27.7 Å². The molecule has 3 aromatic heterocycles. The van der Waals surface area contributed by atoms with Crippen LogP contribution in [0, 0.1) is 0 Å². The maximum atomic E-state index is 5.01. The van der Waals surface area contributed by atoms with Crippen molar-refractivity contribution < 1.29 is 0 Å². The molecule has 10 aromatic rings. The summed E-state index contributed by atoms with van der Waals surface area (Å²) < 4.78 is 7.15. The molecule has 50 heavy (non-hydrogen) atoms. The second kappa shape index (κ2) is 11.1. The minimum absolute atomic E-state index is 0.291. The monoisotopic (exact) mass is 642 g/mol. The number of hydrogen-bond acceptors (Lipinski definition) is 1. The van der Waals surface area contributed by atoms with Gasteiger partial charge in [-0.1, -0.05) is 111 Å². The van der Waals surface area contributed by atoms with Crippen molar-refractivity contribution in [1.82, 2.24) is 18.7 Å². The van der Waals surface area contributed by atoms with Gasteiger partial charge in [0.05, 0.1) is 33.1 Å². The number of benzene rings is 7. The number of imidazole rings is 1. The van der Waals surface area contributed by atoms with E-state index >= 15 is 0 Å². The van der Waals surface area contributed by atoms with Crippen LogP contribution in [0.4, 0.5) is 0 Å². The van der Waals surface area contributed by atoms with E-state index in [2.05, 4.69) is 191 Å². The molecule has 4 nitrogen and oxygen atoms in total. The van der Waals surface area contributed by atoms with Crippen LogP contribution < -0.4 is 0 Å². The number of fused-ring (bicyclic) bond motifs is 7. The van der Waals surface area contributed by atoms with E-state index in [4.69, 9.17) is 4.98 Å². The first-order valence-corrected chi connectivity index (χ1v) is 17.3. The van der Waals surface area contributed by atoms with E-state index in [9.17, 15) is 0 Å². The average molecular weight is 643 g/mol. The predicted octanol–water partition coefficient (Wildman–Crippen LogP) is 12.0. The van der Waals surface area contributed by atoms with Gasteiger partial charge in [-0.25, -0.2) is 4.98 Å². The molecular weight excluding hydrogens is 609 g/mol. The minimum atomic E-state index is 0.291. The fourth-order valence-corrected chi connectivity index (χ4v) is 7.93. The molecule has 0 fully saturated rings. The highest BCUT2D eigenvalue weighted by Gasteiger charge is 2.18. The standard InChI is InChI=1S/C46H34N4/c1-30(2)46-47-40-17-7-12-22-45(40)50(46)33-25-23-31(24-26-33)32-27-34(48-41-18-8-3-13-36(41)37-14-4-9-19-42(37)48)29-35(28-32)49-43-20-10-5-15-38(43)39-16-6-11-21-44(39)49/h3-30H,1-2H3. The molecular formula is C46H34N4. The van der Waals surface area contributed by atoms with Gasteiger partial charge in [0, 0.05) is 44.5 Å². The Morgan fingerprint density at radius 2 is 0.800 bits per heavy atom. The summed E-state index contributed by atoms with van der Waals surface area (Å²) >= 11 is 0. The van der Waals surface area contributed by atoms with Crippen molar-refractivity contribution in [2.24, 2.45) is 0 Å². The molecule has 0 amide bonds. The van der Waals surface area contributed by atoms with Gasteiger partial charge in [-0.15, -0.1) is 0 Å². The molecule has 0 unspecified atom stereocenters. The zero-order valence-electron chi connectivity index (χ0n) is 28.0. The molecule has 0 aliphatic carbocycles. The van der Waals surface area contributed by atoms with Crippen LogP contribution in [-0.2, 0) is 0 Å². The van der Waals surface area contributed by atoms with Crippen molar-refractivity contribution >= 4 is 54.6 Å². The molecule has 0 saturated carbocycles. The maximum absolute atomic E-state index is 5.01. The summed E-state index contributed by atoms with van der Waals surface area (Å²) in [5.41, 5.74) is 12.6. The van der Waals surface area contributed by atoms with Gasteiger partial charge in [-0.3, -0.25) is 4.57 Å². The lowest BCUT2D eigenvalue weighted by atomic mass is 10.0. The van der Waals surface area contributed by atoms with Gasteiger partial charge in [0.2, 0.25) is 0 Å². The van der Waals surface area contributed by atoms with Crippen molar-refractivity contribution in [3.63, 3.8) is 0 Å². The largest absolute Gasteiger partial charge is 0.309 e. The highest BCUT2D eigenvalue weighted by Crippen LogP contribution is 2.38. The first-order chi connectivity index (χ1) is 24.6. The van der Waals surface area contributed by atoms with Gasteiger partial charge in [0.1, 0.15) is 5.82 Å². The zero-order chi connectivity index (χ0) is 33.3. The fourth-order valence-electron chi connectivity index (χ4n) is 7.93. The lowest BCUT2D eigenvalue weighted by Gasteiger charge is -2.16. The summed E-state index contributed by atoms with van der Waals surface area (Å²) in [7, 11) is 0. The Morgan fingerprint density at radius 3 is 1.26 bits per heavy atom. The quantitative estimate of drug-likeness (QED) is 0.184. The van der Waals surface area contributed by atoms with Gasteiger partial charge in [0.25, 0.3) is 0 Å². The third-order valence-electron chi connectivity index (χ3n) is 10.1. The summed E-state index contributed by atoms with van der Waals surface area (Å²) in [5.74, 6) is 1.36. The number of aromatic nitrogens is 4. The second-order valence-electron chi connectivity index (χ2n) is 13.5. The van der Waals surface area contributed by atoms with E-state index in [0.29, 0.717) is 5.92 Å². The molecule has 0 aliphatic rings. The highest BCUT2D eigenvalue weighted by atomic mass is 15.1. The van der Waals surface area contributed by atoms with Crippen molar-refractivity contribution in [1.29, 1.82) is 0 Å². The van der Waals surface area contributed by atoms with Crippen molar-refractivity contribution in [3.8, 4) is 28.2 Å². The minimum Gasteiger partial charge on any atom is -0.309 e. The normalized spacial score (nSPS) is 12.0. The van der Waals surface area contributed by atoms with E-state index in [0.717, 1.165) is 45.0 Å². The molecule has 7 aromatic carbocycles. The molecule has 3 heterocycles. The van der Waals surface area contributed by atoms with Crippen LogP contribution in [-0.4, -0.2) is 18.7 Å². The third kappa shape index (κ3) is 4.28. The molecule has 0 aliphatic heterocycles. The Labute approximate surface area is 290 Å². The Balaban J connectivity index is 1.23. The van der Waals surface area contributed by atoms with Crippen LogP contribution in [0.1, 0.15) is 25.6 Å². The summed E-state index contributed by atoms with van der Waals surface area (Å²) in [5, 5.41) is 5.02. The van der Waals surface area contributed by atoms with Gasteiger partial charge >= 0.3 is 0 Å². The van der Waals surface area contributed by atoms with Crippen LogP contribution in [0.15, 0.2) is 164 Å². The lowest BCUT2D eigenvalue weighted by Crippen LogP contribution is -2.03. The molecule has 0 spiro atoms. The fraction of sp³-hybridized carbons (Fsp3) is 0.0652. The molecule has 10 rings (SSSR count). The van der Waals surface area contributed by atoms with Gasteiger partial charge in [0.15, 0.2) is 0 Å². The average Bonchev–Trinajstić information content (AvgIpc) is 3.83. The molecule has 0 radical (unpaired) electrons. The van der Waals surface area contributed by atoms with Crippen LogP contribution in [0.5, 0.6) is 0 Å². The van der Waals surface area contributed by atoms with Crippen LogP contribution in [0.3, 0.4) is 0 Å². The summed E-state index contributed by atoms with van der Waals surface area (Å²) in [6.45, 7) is 4.42. The number of para-hydroxylation sites is 6. The molecule has 0 N–H and O–H groups in total. The van der Waals surface area contributed by atoms with Crippen LogP contribution in [0.25, 0.3) is 82.8 Å². The maximum Gasteiger partial charge on any atom is 0.117 e. The first-order valence-electron chi connectivity index (χ1n) is 17.3. The lowest BCUT2D eigenvalue weighted by molar-refractivity contribution is 0.760. The zero-order valence-corrected chi connectivity index (χ0v) is 28.0. The Bertz CT molecular complexity index is 2660. The smallest absolute Gasteiger partial charge is 0.117 e. The van der Waals surface area contributed by atoms with Crippen molar-refractivity contribution in [3.05, 3.63) is 170 Å². The Kier molecular flexibility index (Phi) is 6.34. The molecule has 0 bridgehead atoms. The molecule has 238 valence electrons. The number of rotatable bonds is 5. The third-order valence-corrected chi connectivity index (χ3v) is 10.1. The number of nitrogens with zero attached hydrogens (tertiary/aromatic N) is 4. The van der Waals surface area contributed by atoms with E-state index < -0.39 is 0 Å². The van der Waals surface area contributed by atoms with Crippen molar-refractivity contribution in [2.75, 3.05) is 0 Å². The van der Waals surface area contributed by atoms with Gasteiger partial charge in [-0.05, 0) is 77.9 Å².